The van der Waals surface area contributed by atoms with Crippen LogP contribution in [-0.2, 0) is 0 Å². The highest BCUT2D eigenvalue weighted by molar-refractivity contribution is 7.08. The topological polar surface area (TPSA) is 29.9 Å². The van der Waals surface area contributed by atoms with E-state index in [0.717, 1.165) is 13.1 Å². The monoisotopic (exact) mass is 233 g/mol. The van der Waals surface area contributed by atoms with Crippen molar-refractivity contribution in [3.05, 3.63) is 29.4 Å². The second kappa shape index (κ2) is 4.39. The lowest BCUT2D eigenvalue weighted by molar-refractivity contribution is 0.370. The molecular weight excluding hydrogens is 218 g/mol. The summed E-state index contributed by atoms with van der Waals surface area (Å²) in [6, 6.07) is 2.78. The smallest absolute Gasteiger partial charge is 0.0953 e. The molecule has 1 N–H and O–H groups in total. The van der Waals surface area contributed by atoms with E-state index in [1.165, 1.54) is 24.1 Å². The molecule has 0 aromatic carbocycles. The van der Waals surface area contributed by atoms with Crippen molar-refractivity contribution in [1.29, 1.82) is 0 Å². The van der Waals surface area contributed by atoms with Gasteiger partial charge in [-0.3, -0.25) is 0 Å². The van der Waals surface area contributed by atoms with Crippen LogP contribution in [0.15, 0.2) is 29.4 Å². The molecule has 3 heterocycles. The molecule has 1 aliphatic heterocycles. The Morgan fingerprint density at radius 2 is 2.25 bits per heavy atom. The van der Waals surface area contributed by atoms with Crippen LogP contribution in [0.5, 0.6) is 0 Å². The van der Waals surface area contributed by atoms with E-state index in [-0.39, 0.29) is 0 Å². The van der Waals surface area contributed by atoms with E-state index in [1.54, 1.807) is 11.3 Å². The van der Waals surface area contributed by atoms with Crippen LogP contribution in [0.4, 0.5) is 0 Å². The standard InChI is InChI=1S/C12H15N3S/c1-4-13-5-2-11(1)15-9-14-7-12(15)10-3-6-16-8-10/h3,6-9,11,13H,1-2,4-5H2. The Hall–Kier alpha value is -1.13. The molecule has 0 amide bonds. The number of rotatable bonds is 2. The van der Waals surface area contributed by atoms with Crippen LogP contribution >= 0.6 is 11.3 Å². The molecule has 16 heavy (non-hydrogen) atoms. The van der Waals surface area contributed by atoms with E-state index in [2.05, 4.69) is 31.7 Å². The van der Waals surface area contributed by atoms with Crippen molar-refractivity contribution in [3.63, 3.8) is 0 Å². The van der Waals surface area contributed by atoms with Gasteiger partial charge in [-0.2, -0.15) is 11.3 Å². The molecule has 1 saturated heterocycles. The maximum Gasteiger partial charge on any atom is 0.0953 e. The molecule has 2 aromatic rings. The summed E-state index contributed by atoms with van der Waals surface area (Å²) < 4.78 is 2.34. The first kappa shape index (κ1) is 10.1. The Kier molecular flexibility index (Phi) is 2.76. The van der Waals surface area contributed by atoms with E-state index in [0.29, 0.717) is 6.04 Å². The van der Waals surface area contributed by atoms with E-state index < -0.39 is 0 Å². The van der Waals surface area contributed by atoms with E-state index >= 15 is 0 Å². The molecule has 0 aliphatic carbocycles. The number of aromatic nitrogens is 2. The molecule has 0 saturated carbocycles. The lowest BCUT2D eigenvalue weighted by Gasteiger charge is -2.25. The zero-order chi connectivity index (χ0) is 10.8. The average molecular weight is 233 g/mol. The van der Waals surface area contributed by atoms with Crippen molar-refractivity contribution in [3.8, 4) is 11.3 Å². The quantitative estimate of drug-likeness (QED) is 0.864. The van der Waals surface area contributed by atoms with Crippen LogP contribution in [0.3, 0.4) is 0 Å². The van der Waals surface area contributed by atoms with Gasteiger partial charge in [-0.05, 0) is 37.4 Å². The third-order valence-corrected chi connectivity index (χ3v) is 3.87. The minimum atomic E-state index is 0.610. The fraction of sp³-hybridized carbons (Fsp3) is 0.417. The predicted octanol–water partition coefficient (Wildman–Crippen LogP) is 2.54. The molecule has 0 bridgehead atoms. The van der Waals surface area contributed by atoms with Gasteiger partial charge >= 0.3 is 0 Å². The third-order valence-electron chi connectivity index (χ3n) is 3.19. The minimum Gasteiger partial charge on any atom is -0.327 e. The van der Waals surface area contributed by atoms with Crippen LogP contribution in [0.1, 0.15) is 18.9 Å². The summed E-state index contributed by atoms with van der Waals surface area (Å²) in [4.78, 5) is 4.30. The van der Waals surface area contributed by atoms with Crippen LogP contribution in [0.2, 0.25) is 0 Å². The fourth-order valence-electron chi connectivity index (χ4n) is 2.31. The molecule has 84 valence electrons. The summed E-state index contributed by atoms with van der Waals surface area (Å²) in [6.45, 7) is 2.23. The number of thiophene rings is 1. The molecule has 4 heteroatoms. The molecule has 0 radical (unpaired) electrons. The Bertz CT molecular complexity index is 441. The summed E-state index contributed by atoms with van der Waals surface area (Å²) in [5.41, 5.74) is 2.55. The van der Waals surface area contributed by atoms with Crippen LogP contribution in [0.25, 0.3) is 11.3 Å². The van der Waals surface area contributed by atoms with Gasteiger partial charge in [0.1, 0.15) is 0 Å². The molecule has 2 aromatic heterocycles. The first-order valence-electron chi connectivity index (χ1n) is 5.70. The molecule has 0 spiro atoms. The normalized spacial score (nSPS) is 17.8. The predicted molar refractivity (Wildman–Crippen MR) is 66.7 cm³/mol. The second-order valence-corrected chi connectivity index (χ2v) is 4.96. The second-order valence-electron chi connectivity index (χ2n) is 4.18. The number of imidazole rings is 1. The Morgan fingerprint density at radius 1 is 1.38 bits per heavy atom. The van der Waals surface area contributed by atoms with Crippen molar-refractivity contribution in [2.45, 2.75) is 18.9 Å². The number of nitrogens with one attached hydrogen (secondary N) is 1. The minimum absolute atomic E-state index is 0.610. The zero-order valence-electron chi connectivity index (χ0n) is 9.10. The summed E-state index contributed by atoms with van der Waals surface area (Å²) in [6.07, 6.45) is 6.36. The van der Waals surface area contributed by atoms with E-state index in [4.69, 9.17) is 0 Å². The van der Waals surface area contributed by atoms with E-state index in [9.17, 15) is 0 Å². The van der Waals surface area contributed by atoms with Gasteiger partial charge in [-0.25, -0.2) is 4.98 Å². The highest BCUT2D eigenvalue weighted by Gasteiger charge is 2.17. The van der Waals surface area contributed by atoms with Crippen LogP contribution in [-0.4, -0.2) is 22.6 Å². The lowest BCUT2D eigenvalue weighted by atomic mass is 10.1. The van der Waals surface area contributed by atoms with Crippen molar-refractivity contribution in [1.82, 2.24) is 14.9 Å². The lowest BCUT2D eigenvalue weighted by Crippen LogP contribution is -2.29. The summed E-state index contributed by atoms with van der Waals surface area (Å²) >= 11 is 1.74. The van der Waals surface area contributed by atoms with Crippen molar-refractivity contribution >= 4 is 11.3 Å². The number of hydrogen-bond donors (Lipinski definition) is 1. The maximum absolute atomic E-state index is 4.30. The van der Waals surface area contributed by atoms with Crippen LogP contribution in [0, 0.1) is 0 Å². The Labute approximate surface area is 99.1 Å². The fourth-order valence-corrected chi connectivity index (χ4v) is 2.96. The highest BCUT2D eigenvalue weighted by Crippen LogP contribution is 2.28. The van der Waals surface area contributed by atoms with Gasteiger partial charge in [0.25, 0.3) is 0 Å². The average Bonchev–Trinajstić information content (AvgIpc) is 3.01. The molecule has 3 nitrogen and oxygen atoms in total. The van der Waals surface area contributed by atoms with Gasteiger partial charge in [0, 0.05) is 17.0 Å². The van der Waals surface area contributed by atoms with Gasteiger partial charge in [-0.15, -0.1) is 0 Å². The van der Waals surface area contributed by atoms with Crippen LogP contribution < -0.4 is 5.32 Å². The molecular formula is C12H15N3S. The first-order chi connectivity index (χ1) is 7.95. The molecule has 1 aliphatic rings. The molecule has 3 rings (SSSR count). The zero-order valence-corrected chi connectivity index (χ0v) is 9.91. The van der Waals surface area contributed by atoms with Gasteiger partial charge in [-0.1, -0.05) is 0 Å². The number of piperidine rings is 1. The van der Waals surface area contributed by atoms with Crippen molar-refractivity contribution in [2.24, 2.45) is 0 Å². The molecule has 0 unspecified atom stereocenters. The summed E-state index contributed by atoms with van der Waals surface area (Å²) in [7, 11) is 0. The Balaban J connectivity index is 1.92. The first-order valence-corrected chi connectivity index (χ1v) is 6.64. The third kappa shape index (κ3) is 1.79. The molecule has 1 fully saturated rings. The van der Waals surface area contributed by atoms with Crippen molar-refractivity contribution < 1.29 is 0 Å². The van der Waals surface area contributed by atoms with Gasteiger partial charge in [0.05, 0.1) is 18.2 Å². The SMILES string of the molecule is c1cc(-c2cncn2C2CCNCC2)cs1. The van der Waals surface area contributed by atoms with Crippen molar-refractivity contribution in [2.75, 3.05) is 13.1 Å². The van der Waals surface area contributed by atoms with Gasteiger partial charge < -0.3 is 9.88 Å². The van der Waals surface area contributed by atoms with Gasteiger partial charge in [0.2, 0.25) is 0 Å². The highest BCUT2D eigenvalue weighted by atomic mass is 32.1. The molecule has 0 atom stereocenters. The Morgan fingerprint density at radius 3 is 3.00 bits per heavy atom. The maximum atomic E-state index is 4.30. The number of nitrogens with zero attached hydrogens (tertiary/aromatic N) is 2. The van der Waals surface area contributed by atoms with E-state index in [1.807, 2.05) is 12.5 Å². The number of hydrogen-bond acceptors (Lipinski definition) is 3. The summed E-state index contributed by atoms with van der Waals surface area (Å²) in [5, 5.41) is 7.71. The van der Waals surface area contributed by atoms with Gasteiger partial charge in [0.15, 0.2) is 0 Å². The summed E-state index contributed by atoms with van der Waals surface area (Å²) in [5.74, 6) is 0. The largest absolute Gasteiger partial charge is 0.327 e.